The topological polar surface area (TPSA) is 55.8 Å². The van der Waals surface area contributed by atoms with Gasteiger partial charge in [0.05, 0.1) is 0 Å². The molecule has 0 bridgehead atoms. The normalized spacial score (nSPS) is 23.2. The summed E-state index contributed by atoms with van der Waals surface area (Å²) in [6.45, 7) is 7.87. The fourth-order valence-corrected chi connectivity index (χ4v) is 3.13. The molecular formula is C16H33N3O2. The first-order chi connectivity index (χ1) is 9.89. The maximum absolute atomic E-state index is 11.3. The first kappa shape index (κ1) is 18.4. The zero-order chi connectivity index (χ0) is 15.9. The third-order valence-electron chi connectivity index (χ3n) is 4.65. The molecule has 124 valence electrons. The summed E-state index contributed by atoms with van der Waals surface area (Å²) in [4.78, 5) is 16.2. The molecule has 0 aliphatic carbocycles. The predicted octanol–water partition coefficient (Wildman–Crippen LogP) is 1.64. The van der Waals surface area contributed by atoms with Crippen LogP contribution in [0.3, 0.4) is 0 Å². The summed E-state index contributed by atoms with van der Waals surface area (Å²) < 4.78 is 0. The van der Waals surface area contributed by atoms with Gasteiger partial charge in [-0.15, -0.1) is 0 Å². The molecule has 1 rings (SSSR count). The Balaban J connectivity index is 2.28. The SMILES string of the molecule is CCNC(C)(CCCCN1CCCC(N(C)C)C1)C(=O)O. The van der Waals surface area contributed by atoms with Crippen LogP contribution in [0.1, 0.15) is 46.0 Å². The molecule has 1 aliphatic heterocycles. The number of likely N-dealkylation sites (N-methyl/N-ethyl adjacent to an activating group) is 2. The van der Waals surface area contributed by atoms with Gasteiger partial charge in [-0.25, -0.2) is 0 Å². The van der Waals surface area contributed by atoms with Crippen LogP contribution in [0, 0.1) is 0 Å². The molecule has 0 saturated carbocycles. The number of hydrogen-bond donors (Lipinski definition) is 2. The highest BCUT2D eigenvalue weighted by Crippen LogP contribution is 2.17. The van der Waals surface area contributed by atoms with E-state index < -0.39 is 11.5 Å². The Bertz CT molecular complexity index is 323. The number of aliphatic carboxylic acids is 1. The van der Waals surface area contributed by atoms with Gasteiger partial charge in [-0.2, -0.15) is 0 Å². The third kappa shape index (κ3) is 5.93. The number of likely N-dealkylation sites (tertiary alicyclic amines) is 1. The van der Waals surface area contributed by atoms with Crippen molar-refractivity contribution in [3.05, 3.63) is 0 Å². The zero-order valence-electron chi connectivity index (χ0n) is 14.2. The second kappa shape index (κ2) is 8.71. The fourth-order valence-electron chi connectivity index (χ4n) is 3.13. The van der Waals surface area contributed by atoms with Gasteiger partial charge in [0.2, 0.25) is 0 Å². The van der Waals surface area contributed by atoms with E-state index in [0.29, 0.717) is 19.0 Å². The van der Waals surface area contributed by atoms with Crippen LogP contribution >= 0.6 is 0 Å². The van der Waals surface area contributed by atoms with Gasteiger partial charge in [-0.1, -0.05) is 6.92 Å². The Hall–Kier alpha value is -0.650. The molecular weight excluding hydrogens is 266 g/mol. The van der Waals surface area contributed by atoms with Gasteiger partial charge in [-0.3, -0.25) is 4.79 Å². The van der Waals surface area contributed by atoms with Crippen LogP contribution < -0.4 is 5.32 Å². The van der Waals surface area contributed by atoms with Crippen molar-refractivity contribution in [2.24, 2.45) is 0 Å². The molecule has 0 aromatic heterocycles. The Morgan fingerprint density at radius 3 is 2.71 bits per heavy atom. The maximum Gasteiger partial charge on any atom is 0.323 e. The lowest BCUT2D eigenvalue weighted by Crippen LogP contribution is -2.49. The molecule has 1 fully saturated rings. The van der Waals surface area contributed by atoms with Crippen LogP contribution in [0.5, 0.6) is 0 Å². The van der Waals surface area contributed by atoms with Gasteiger partial charge in [-0.05, 0) is 72.8 Å². The van der Waals surface area contributed by atoms with Crippen molar-refractivity contribution in [3.8, 4) is 0 Å². The van der Waals surface area contributed by atoms with E-state index in [0.717, 1.165) is 25.9 Å². The van der Waals surface area contributed by atoms with E-state index in [-0.39, 0.29) is 0 Å². The Kier molecular flexibility index (Phi) is 7.63. The van der Waals surface area contributed by atoms with Crippen molar-refractivity contribution in [1.29, 1.82) is 0 Å². The average Bonchev–Trinajstić information content (AvgIpc) is 2.44. The summed E-state index contributed by atoms with van der Waals surface area (Å²) in [5.74, 6) is -0.741. The quantitative estimate of drug-likeness (QED) is 0.634. The number of carbonyl (C=O) groups is 1. The van der Waals surface area contributed by atoms with E-state index in [2.05, 4.69) is 29.2 Å². The van der Waals surface area contributed by atoms with Crippen molar-refractivity contribution in [2.45, 2.75) is 57.5 Å². The van der Waals surface area contributed by atoms with Crippen LogP contribution in [0.25, 0.3) is 0 Å². The number of hydrogen-bond acceptors (Lipinski definition) is 4. The number of nitrogens with one attached hydrogen (secondary N) is 1. The minimum absolute atomic E-state index is 0.671. The fraction of sp³-hybridized carbons (Fsp3) is 0.938. The van der Waals surface area contributed by atoms with Crippen molar-refractivity contribution < 1.29 is 9.90 Å². The molecule has 1 saturated heterocycles. The lowest BCUT2D eigenvalue weighted by molar-refractivity contribution is -0.144. The Morgan fingerprint density at radius 2 is 2.14 bits per heavy atom. The number of rotatable bonds is 9. The largest absolute Gasteiger partial charge is 0.480 e. The lowest BCUT2D eigenvalue weighted by Gasteiger charge is -2.36. The highest BCUT2D eigenvalue weighted by molar-refractivity contribution is 5.78. The highest BCUT2D eigenvalue weighted by atomic mass is 16.4. The molecule has 1 aliphatic rings. The predicted molar refractivity (Wildman–Crippen MR) is 86.7 cm³/mol. The van der Waals surface area contributed by atoms with E-state index >= 15 is 0 Å². The molecule has 5 heteroatoms. The van der Waals surface area contributed by atoms with Crippen LogP contribution in [-0.2, 0) is 4.79 Å². The van der Waals surface area contributed by atoms with E-state index in [9.17, 15) is 9.90 Å². The summed E-state index contributed by atoms with van der Waals surface area (Å²) in [5, 5.41) is 12.4. The third-order valence-corrected chi connectivity index (χ3v) is 4.65. The van der Waals surface area contributed by atoms with Crippen LogP contribution in [0.2, 0.25) is 0 Å². The molecule has 0 radical (unpaired) electrons. The minimum atomic E-state index is -0.775. The Morgan fingerprint density at radius 1 is 1.43 bits per heavy atom. The molecule has 2 atom stereocenters. The molecule has 0 aromatic rings. The van der Waals surface area contributed by atoms with E-state index in [4.69, 9.17) is 0 Å². The number of piperidine rings is 1. The van der Waals surface area contributed by atoms with Crippen LogP contribution in [-0.4, -0.2) is 72.7 Å². The lowest BCUT2D eigenvalue weighted by atomic mass is 9.94. The molecule has 2 N–H and O–H groups in total. The number of nitrogens with zero attached hydrogens (tertiary/aromatic N) is 2. The maximum atomic E-state index is 11.3. The Labute approximate surface area is 129 Å². The smallest absolute Gasteiger partial charge is 0.323 e. The zero-order valence-corrected chi connectivity index (χ0v) is 14.2. The molecule has 0 spiro atoms. The second-order valence-corrected chi connectivity index (χ2v) is 6.68. The number of carboxylic acid groups (broad SMARTS) is 1. The minimum Gasteiger partial charge on any atom is -0.480 e. The van der Waals surface area contributed by atoms with Crippen molar-refractivity contribution in [3.63, 3.8) is 0 Å². The molecule has 5 nitrogen and oxygen atoms in total. The molecule has 0 aromatic carbocycles. The number of unbranched alkanes of at least 4 members (excludes halogenated alkanes) is 1. The van der Waals surface area contributed by atoms with Gasteiger partial charge in [0.1, 0.15) is 5.54 Å². The van der Waals surface area contributed by atoms with Crippen LogP contribution in [0.15, 0.2) is 0 Å². The van der Waals surface area contributed by atoms with Crippen molar-refractivity contribution in [1.82, 2.24) is 15.1 Å². The number of carboxylic acids is 1. The monoisotopic (exact) mass is 299 g/mol. The van der Waals surface area contributed by atoms with E-state index in [1.807, 2.05) is 6.92 Å². The molecule has 0 amide bonds. The van der Waals surface area contributed by atoms with Crippen LogP contribution in [0.4, 0.5) is 0 Å². The summed E-state index contributed by atoms with van der Waals surface area (Å²) in [5.41, 5.74) is -0.775. The molecule has 2 unspecified atom stereocenters. The second-order valence-electron chi connectivity index (χ2n) is 6.68. The van der Waals surface area contributed by atoms with Gasteiger partial charge in [0, 0.05) is 12.6 Å². The van der Waals surface area contributed by atoms with Crippen molar-refractivity contribution in [2.75, 3.05) is 40.3 Å². The molecule has 1 heterocycles. The van der Waals surface area contributed by atoms with E-state index in [1.54, 1.807) is 6.92 Å². The highest BCUT2D eigenvalue weighted by Gasteiger charge is 2.31. The first-order valence-corrected chi connectivity index (χ1v) is 8.26. The van der Waals surface area contributed by atoms with Gasteiger partial charge < -0.3 is 20.2 Å². The summed E-state index contributed by atoms with van der Waals surface area (Å²) in [7, 11) is 4.31. The summed E-state index contributed by atoms with van der Waals surface area (Å²) in [6, 6.07) is 0.671. The van der Waals surface area contributed by atoms with Gasteiger partial charge >= 0.3 is 5.97 Å². The summed E-state index contributed by atoms with van der Waals surface area (Å²) in [6.07, 6.45) is 5.29. The molecule has 21 heavy (non-hydrogen) atoms. The van der Waals surface area contributed by atoms with Gasteiger partial charge in [0.25, 0.3) is 0 Å². The first-order valence-electron chi connectivity index (χ1n) is 8.26. The average molecular weight is 299 g/mol. The van der Waals surface area contributed by atoms with Gasteiger partial charge in [0.15, 0.2) is 0 Å². The summed E-state index contributed by atoms with van der Waals surface area (Å²) >= 11 is 0. The standard InChI is InChI=1S/C16H33N3O2/c1-5-17-16(2,15(20)21)10-6-7-11-19-12-8-9-14(13-19)18(3)4/h14,17H,5-13H2,1-4H3,(H,20,21). The van der Waals surface area contributed by atoms with E-state index in [1.165, 1.54) is 19.4 Å². The van der Waals surface area contributed by atoms with Crippen molar-refractivity contribution >= 4 is 5.97 Å².